The second kappa shape index (κ2) is 8.02. The molecule has 0 aliphatic carbocycles. The molecule has 0 aliphatic heterocycles. The van der Waals surface area contributed by atoms with E-state index in [4.69, 9.17) is 24.5 Å². The maximum atomic E-state index is 11.5. The molecular formula is C9H16N2O10P2. The van der Waals surface area contributed by atoms with Gasteiger partial charge in [-0.05, 0) is 0 Å². The number of nitrogens with zero attached hydrogens (tertiary/aromatic N) is 1. The van der Waals surface area contributed by atoms with Crippen LogP contribution in [0, 0.1) is 0 Å². The summed E-state index contributed by atoms with van der Waals surface area (Å²) in [6.07, 6.45) is -1.01. The molecular weight excluding hydrogens is 358 g/mol. The molecule has 0 bridgehead atoms. The molecule has 0 radical (unpaired) electrons. The highest BCUT2D eigenvalue weighted by atomic mass is 31.2. The van der Waals surface area contributed by atoms with Crippen molar-refractivity contribution in [3.05, 3.63) is 33.1 Å². The van der Waals surface area contributed by atoms with E-state index >= 15 is 0 Å². The summed E-state index contributed by atoms with van der Waals surface area (Å²) < 4.78 is 27.8. The molecule has 132 valence electrons. The van der Waals surface area contributed by atoms with Gasteiger partial charge in [-0.3, -0.25) is 18.9 Å². The van der Waals surface area contributed by atoms with Crippen molar-refractivity contribution in [1.82, 2.24) is 9.71 Å². The molecule has 1 aromatic rings. The fraction of sp³-hybridized carbons (Fsp3) is 0.556. The number of hydrogen-bond donors (Lipinski definition) is 5. The highest BCUT2D eigenvalue weighted by molar-refractivity contribution is 7.72. The summed E-state index contributed by atoms with van der Waals surface area (Å²) in [7, 11) is -8.96. The zero-order valence-corrected chi connectivity index (χ0v) is 13.4. The van der Waals surface area contributed by atoms with Crippen molar-refractivity contribution >= 4 is 15.0 Å². The lowest BCUT2D eigenvalue weighted by atomic mass is 10.4. The monoisotopic (exact) mass is 374 g/mol. The Kier molecular flexibility index (Phi) is 6.90. The van der Waals surface area contributed by atoms with E-state index in [2.05, 4.69) is 0 Å². The van der Waals surface area contributed by atoms with Crippen molar-refractivity contribution in [3.63, 3.8) is 0 Å². The molecule has 0 saturated heterocycles. The molecule has 12 nitrogen and oxygen atoms in total. The van der Waals surface area contributed by atoms with Crippen molar-refractivity contribution in [3.8, 4) is 0 Å². The summed E-state index contributed by atoms with van der Waals surface area (Å²) in [5, 5.41) is 9.07. The lowest BCUT2D eigenvalue weighted by Crippen LogP contribution is -2.37. The molecule has 5 N–H and O–H groups in total. The zero-order chi connectivity index (χ0) is 17.7. The molecule has 1 heterocycles. The lowest BCUT2D eigenvalue weighted by Gasteiger charge is -2.19. The minimum atomic E-state index is -4.70. The van der Waals surface area contributed by atoms with Crippen LogP contribution in [-0.2, 0) is 13.9 Å². The molecule has 0 aliphatic rings. The Hall–Kier alpha value is -1.26. The topological polar surface area (TPSA) is 188 Å². The summed E-state index contributed by atoms with van der Waals surface area (Å²) in [5.74, 6) is -1.25. The lowest BCUT2D eigenvalue weighted by molar-refractivity contribution is -0.0359. The summed E-state index contributed by atoms with van der Waals surface area (Å²) in [4.78, 5) is 55.7. The van der Waals surface area contributed by atoms with Crippen molar-refractivity contribution in [1.29, 1.82) is 0 Å². The van der Waals surface area contributed by atoms with Gasteiger partial charge in [0.2, 0.25) is 7.37 Å². The van der Waals surface area contributed by atoms with Crippen LogP contribution in [0.4, 0.5) is 0 Å². The molecule has 14 heteroatoms. The number of H-pyrrole nitrogens is 1. The molecule has 0 spiro atoms. The van der Waals surface area contributed by atoms with E-state index in [1.54, 1.807) is 0 Å². The van der Waals surface area contributed by atoms with Crippen LogP contribution in [0.15, 0.2) is 21.9 Å². The van der Waals surface area contributed by atoms with Gasteiger partial charge < -0.3 is 29.4 Å². The molecule has 1 aromatic heterocycles. The Bertz CT molecular complexity index is 722. The van der Waals surface area contributed by atoms with Crippen LogP contribution in [0.1, 0.15) is 0 Å². The summed E-state index contributed by atoms with van der Waals surface area (Å²) in [5.41, 5.74) is -1.51. The van der Waals surface area contributed by atoms with Crippen LogP contribution in [-0.4, -0.2) is 61.1 Å². The minimum absolute atomic E-state index is 0.418. The molecule has 0 fully saturated rings. The van der Waals surface area contributed by atoms with Gasteiger partial charge in [-0.1, -0.05) is 0 Å². The zero-order valence-electron chi connectivity index (χ0n) is 11.6. The summed E-state index contributed by atoms with van der Waals surface area (Å²) in [6, 6.07) is 1.01. The van der Waals surface area contributed by atoms with Gasteiger partial charge in [0, 0.05) is 6.07 Å². The SMILES string of the molecule is O=c1ccn(OCC(CO)OCP(=O)(O)CP(=O)(O)O)c(=O)[nH]1. The van der Waals surface area contributed by atoms with Crippen LogP contribution in [0.2, 0.25) is 0 Å². The number of ether oxygens (including phenoxy) is 1. The number of aromatic nitrogens is 2. The highest BCUT2D eigenvalue weighted by Crippen LogP contribution is 2.54. The second-order valence-corrected chi connectivity index (χ2v) is 8.90. The van der Waals surface area contributed by atoms with E-state index in [9.17, 15) is 23.6 Å². The maximum Gasteiger partial charge on any atom is 0.361 e. The highest BCUT2D eigenvalue weighted by Gasteiger charge is 2.30. The second-order valence-electron chi connectivity index (χ2n) is 4.48. The maximum absolute atomic E-state index is 11.5. The number of rotatable bonds is 9. The number of nitrogens with one attached hydrogen (secondary N) is 1. The van der Waals surface area contributed by atoms with Crippen LogP contribution in [0.3, 0.4) is 0 Å². The van der Waals surface area contributed by atoms with Gasteiger partial charge in [0.15, 0.2) is 0 Å². The van der Waals surface area contributed by atoms with E-state index in [0.717, 1.165) is 12.3 Å². The normalized spacial score (nSPS) is 15.8. The van der Waals surface area contributed by atoms with E-state index in [1.165, 1.54) is 0 Å². The van der Waals surface area contributed by atoms with E-state index in [0.29, 0.717) is 4.73 Å². The Balaban J connectivity index is 2.58. The molecule has 0 amide bonds. The molecule has 2 unspecified atom stereocenters. The van der Waals surface area contributed by atoms with Gasteiger partial charge in [-0.25, -0.2) is 4.79 Å². The first-order chi connectivity index (χ1) is 10.5. The summed E-state index contributed by atoms with van der Waals surface area (Å²) >= 11 is 0. The summed E-state index contributed by atoms with van der Waals surface area (Å²) in [6.45, 7) is -1.06. The third kappa shape index (κ3) is 7.71. The average Bonchev–Trinajstić information content (AvgIpc) is 2.38. The molecule has 0 aromatic carbocycles. The van der Waals surface area contributed by atoms with Crippen LogP contribution >= 0.6 is 15.0 Å². The smallest absolute Gasteiger partial charge is 0.361 e. The fourth-order valence-electron chi connectivity index (χ4n) is 1.37. The van der Waals surface area contributed by atoms with Gasteiger partial charge in [0.1, 0.15) is 25.0 Å². The third-order valence-corrected chi connectivity index (χ3v) is 6.11. The van der Waals surface area contributed by atoms with E-state index < -0.39 is 57.8 Å². The Labute approximate surface area is 128 Å². The van der Waals surface area contributed by atoms with E-state index in [1.807, 2.05) is 4.98 Å². The van der Waals surface area contributed by atoms with Crippen molar-refractivity contribution in [2.45, 2.75) is 6.10 Å². The standard InChI is InChI=1S/C9H16N2O10P2/c12-3-7(20-5-22(15,16)6-23(17,18)19)4-21-11-2-1-8(13)10-9(11)14/h1-2,7,12H,3-6H2,(H,15,16)(H,10,13,14)(H2,17,18,19). The fourth-order valence-corrected chi connectivity index (χ4v) is 4.45. The minimum Gasteiger partial charge on any atom is -0.407 e. The first kappa shape index (κ1) is 19.8. The first-order valence-electron chi connectivity index (χ1n) is 6.05. The van der Waals surface area contributed by atoms with Gasteiger partial charge in [-0.15, -0.1) is 4.73 Å². The first-order valence-corrected chi connectivity index (χ1v) is 9.88. The number of hydrogen-bond acceptors (Lipinski definition) is 7. The molecule has 2 atom stereocenters. The molecule has 1 rings (SSSR count). The average molecular weight is 374 g/mol. The van der Waals surface area contributed by atoms with Gasteiger partial charge in [0.05, 0.1) is 12.8 Å². The predicted molar refractivity (Wildman–Crippen MR) is 76.3 cm³/mol. The molecule has 23 heavy (non-hydrogen) atoms. The van der Waals surface area contributed by atoms with Crippen LogP contribution < -0.4 is 16.1 Å². The number of aliphatic hydroxyl groups is 1. The Morgan fingerprint density at radius 2 is 1.91 bits per heavy atom. The van der Waals surface area contributed by atoms with Gasteiger partial charge >= 0.3 is 13.3 Å². The number of aromatic amines is 1. The van der Waals surface area contributed by atoms with E-state index in [-0.39, 0.29) is 0 Å². The van der Waals surface area contributed by atoms with Crippen molar-refractivity contribution in [2.75, 3.05) is 25.5 Å². The quantitative estimate of drug-likeness (QED) is 0.294. The van der Waals surface area contributed by atoms with Crippen LogP contribution in [0.5, 0.6) is 0 Å². The Morgan fingerprint density at radius 1 is 1.26 bits per heavy atom. The largest absolute Gasteiger partial charge is 0.407 e. The van der Waals surface area contributed by atoms with Crippen molar-refractivity contribution < 1.29 is 38.5 Å². The van der Waals surface area contributed by atoms with Crippen LogP contribution in [0.25, 0.3) is 0 Å². The number of aliphatic hydroxyl groups excluding tert-OH is 1. The predicted octanol–water partition coefficient (Wildman–Crippen LogP) is -2.29. The van der Waals surface area contributed by atoms with Gasteiger partial charge in [0.25, 0.3) is 5.56 Å². The van der Waals surface area contributed by atoms with Crippen molar-refractivity contribution in [2.24, 2.45) is 0 Å². The van der Waals surface area contributed by atoms with Gasteiger partial charge in [-0.2, -0.15) is 0 Å². The molecule has 0 saturated carbocycles. The Morgan fingerprint density at radius 3 is 2.43 bits per heavy atom. The third-order valence-electron chi connectivity index (χ3n) is 2.31.